The summed E-state index contributed by atoms with van der Waals surface area (Å²) in [6.07, 6.45) is 3.60. The molecular formula is C20H29N7O. The molecule has 1 fully saturated rings. The zero-order valence-electron chi connectivity index (χ0n) is 16.9. The molecule has 1 aliphatic heterocycles. The van der Waals surface area contributed by atoms with Gasteiger partial charge in [-0.1, -0.05) is 18.2 Å². The molecule has 3 rings (SSSR count). The van der Waals surface area contributed by atoms with Crippen molar-refractivity contribution in [3.8, 4) is 0 Å². The third kappa shape index (κ3) is 4.82. The highest BCUT2D eigenvalue weighted by atomic mass is 16.2. The fraction of sp³-hybridized carbons (Fsp3) is 0.450. The maximum absolute atomic E-state index is 12.6. The minimum atomic E-state index is 0.0613. The molecule has 1 aromatic carbocycles. The molecule has 1 saturated heterocycles. The molecule has 0 aliphatic carbocycles. The van der Waals surface area contributed by atoms with E-state index < -0.39 is 0 Å². The van der Waals surface area contributed by atoms with Crippen LogP contribution in [0, 0.1) is 0 Å². The van der Waals surface area contributed by atoms with Crippen molar-refractivity contribution in [1.29, 1.82) is 0 Å². The highest BCUT2D eigenvalue weighted by Crippen LogP contribution is 2.16. The zero-order valence-corrected chi connectivity index (χ0v) is 16.9. The van der Waals surface area contributed by atoms with Crippen LogP contribution < -0.4 is 15.1 Å². The Kier molecular flexibility index (Phi) is 6.52. The Labute approximate surface area is 166 Å². The molecule has 1 amide bonds. The average molecular weight is 384 g/mol. The topological polar surface area (TPSA) is 69.0 Å². The lowest BCUT2D eigenvalue weighted by atomic mass is 10.3. The summed E-state index contributed by atoms with van der Waals surface area (Å²) in [5.74, 6) is 0.856. The van der Waals surface area contributed by atoms with Crippen LogP contribution in [0.1, 0.15) is 6.92 Å². The maximum atomic E-state index is 12.6. The second-order valence-electron chi connectivity index (χ2n) is 6.83. The van der Waals surface area contributed by atoms with Crippen LogP contribution in [0.25, 0.3) is 0 Å². The number of hydrogen-bond donors (Lipinski definition) is 1. The smallest absolute Gasteiger partial charge is 0.246 e. The summed E-state index contributed by atoms with van der Waals surface area (Å²) < 4.78 is 1.71. The van der Waals surface area contributed by atoms with Crippen molar-refractivity contribution >= 4 is 23.2 Å². The van der Waals surface area contributed by atoms with E-state index in [1.54, 1.807) is 15.8 Å². The van der Waals surface area contributed by atoms with Gasteiger partial charge in [0, 0.05) is 52.2 Å². The predicted molar refractivity (Wildman–Crippen MR) is 113 cm³/mol. The van der Waals surface area contributed by atoms with Crippen molar-refractivity contribution in [1.82, 2.24) is 20.0 Å². The Balaban J connectivity index is 1.59. The van der Waals surface area contributed by atoms with Gasteiger partial charge in [0.15, 0.2) is 5.96 Å². The van der Waals surface area contributed by atoms with Gasteiger partial charge < -0.3 is 20.0 Å². The van der Waals surface area contributed by atoms with Crippen LogP contribution in [0.5, 0.6) is 0 Å². The zero-order chi connectivity index (χ0) is 19.9. The number of amides is 1. The van der Waals surface area contributed by atoms with E-state index in [1.807, 2.05) is 43.3 Å². The first-order valence-electron chi connectivity index (χ1n) is 9.67. The second-order valence-corrected chi connectivity index (χ2v) is 6.83. The largest absolute Gasteiger partial charge is 0.373 e. The number of para-hydroxylation sites is 1. The molecule has 0 unspecified atom stereocenters. The molecule has 2 aromatic rings. The number of rotatable bonds is 6. The van der Waals surface area contributed by atoms with Gasteiger partial charge in [0.1, 0.15) is 6.54 Å². The van der Waals surface area contributed by atoms with Gasteiger partial charge in [-0.15, -0.1) is 0 Å². The summed E-state index contributed by atoms with van der Waals surface area (Å²) in [4.78, 5) is 23.4. The van der Waals surface area contributed by atoms with Gasteiger partial charge >= 0.3 is 0 Å². The molecule has 2 heterocycles. The van der Waals surface area contributed by atoms with Gasteiger partial charge in [-0.05, 0) is 19.1 Å². The van der Waals surface area contributed by atoms with Gasteiger partial charge in [0.25, 0.3) is 0 Å². The van der Waals surface area contributed by atoms with Crippen LogP contribution in [-0.2, 0) is 11.8 Å². The van der Waals surface area contributed by atoms with E-state index in [9.17, 15) is 4.79 Å². The fourth-order valence-electron chi connectivity index (χ4n) is 3.22. The molecular weight excluding hydrogens is 354 g/mol. The van der Waals surface area contributed by atoms with E-state index in [0.29, 0.717) is 19.6 Å². The quantitative estimate of drug-likeness (QED) is 0.599. The molecule has 150 valence electrons. The highest BCUT2D eigenvalue weighted by molar-refractivity contribution is 5.98. The Morgan fingerprint density at radius 2 is 2.07 bits per heavy atom. The summed E-state index contributed by atoms with van der Waals surface area (Å²) >= 11 is 0. The normalized spacial score (nSPS) is 15.1. The maximum Gasteiger partial charge on any atom is 0.246 e. The van der Waals surface area contributed by atoms with Crippen molar-refractivity contribution < 1.29 is 4.79 Å². The van der Waals surface area contributed by atoms with E-state index in [4.69, 9.17) is 4.99 Å². The predicted octanol–water partition coefficient (Wildman–Crippen LogP) is 1.17. The summed E-state index contributed by atoms with van der Waals surface area (Å²) in [5, 5.41) is 7.48. The molecule has 1 N–H and O–H groups in total. The number of hydrogen-bond acceptors (Lipinski definition) is 4. The Morgan fingerprint density at radius 3 is 2.71 bits per heavy atom. The first kappa shape index (κ1) is 19.7. The van der Waals surface area contributed by atoms with Crippen LogP contribution in [0.3, 0.4) is 0 Å². The molecule has 0 spiro atoms. The number of likely N-dealkylation sites (N-methyl/N-ethyl adjacent to an activating group) is 1. The van der Waals surface area contributed by atoms with Gasteiger partial charge in [0.05, 0.1) is 18.4 Å². The number of piperazine rings is 1. The molecule has 1 aliphatic rings. The number of anilines is 2. The van der Waals surface area contributed by atoms with Crippen LogP contribution in [0.15, 0.2) is 47.7 Å². The lowest BCUT2D eigenvalue weighted by Crippen LogP contribution is -2.55. The minimum absolute atomic E-state index is 0.0613. The van der Waals surface area contributed by atoms with Crippen molar-refractivity contribution in [3.05, 3.63) is 42.7 Å². The number of aliphatic imine (C=N–C) groups is 1. The van der Waals surface area contributed by atoms with E-state index in [1.165, 1.54) is 5.69 Å². The first-order chi connectivity index (χ1) is 13.6. The lowest BCUT2D eigenvalue weighted by Gasteiger charge is -2.35. The van der Waals surface area contributed by atoms with Crippen molar-refractivity contribution in [3.63, 3.8) is 0 Å². The number of carbonyl (C=O) groups is 1. The summed E-state index contributed by atoms with van der Waals surface area (Å²) in [6.45, 7) is 5.95. The van der Waals surface area contributed by atoms with Gasteiger partial charge in [-0.25, -0.2) is 0 Å². The molecule has 0 bridgehead atoms. The SMILES string of the molecule is CCNC(=NCCN(C)c1ccccc1)N1CCN(c2cnn(C)c2)C(=O)C1. The van der Waals surface area contributed by atoms with E-state index in [-0.39, 0.29) is 5.91 Å². The van der Waals surface area contributed by atoms with Gasteiger partial charge in [-0.3, -0.25) is 14.5 Å². The first-order valence-corrected chi connectivity index (χ1v) is 9.67. The number of benzene rings is 1. The second kappa shape index (κ2) is 9.25. The Morgan fingerprint density at radius 1 is 1.29 bits per heavy atom. The molecule has 0 radical (unpaired) electrons. The molecule has 8 nitrogen and oxygen atoms in total. The summed E-state index contributed by atoms with van der Waals surface area (Å²) in [6, 6.07) is 10.3. The summed E-state index contributed by atoms with van der Waals surface area (Å²) in [5.41, 5.74) is 2.02. The molecule has 28 heavy (non-hydrogen) atoms. The van der Waals surface area contributed by atoms with Crippen LogP contribution in [-0.4, -0.2) is 72.9 Å². The van der Waals surface area contributed by atoms with Crippen molar-refractivity contribution in [2.75, 3.05) is 56.1 Å². The Hall–Kier alpha value is -3.03. The number of aryl methyl sites for hydroxylation is 1. The minimum Gasteiger partial charge on any atom is -0.373 e. The van der Waals surface area contributed by atoms with Crippen LogP contribution in [0.2, 0.25) is 0 Å². The lowest BCUT2D eigenvalue weighted by molar-refractivity contribution is -0.120. The third-order valence-electron chi connectivity index (χ3n) is 4.75. The average Bonchev–Trinajstić information content (AvgIpc) is 3.13. The molecule has 8 heteroatoms. The molecule has 0 saturated carbocycles. The van der Waals surface area contributed by atoms with E-state index in [0.717, 1.165) is 31.3 Å². The molecule has 0 atom stereocenters. The number of aromatic nitrogens is 2. The van der Waals surface area contributed by atoms with Gasteiger partial charge in [0.2, 0.25) is 5.91 Å². The third-order valence-corrected chi connectivity index (χ3v) is 4.75. The van der Waals surface area contributed by atoms with E-state index in [2.05, 4.69) is 34.5 Å². The van der Waals surface area contributed by atoms with Crippen molar-refractivity contribution in [2.24, 2.45) is 12.0 Å². The number of nitrogens with one attached hydrogen (secondary N) is 1. The number of carbonyl (C=O) groups excluding carboxylic acids is 1. The standard InChI is InChI=1S/C20H29N7O/c1-4-21-20(22-10-11-24(2)17-8-6-5-7-9-17)26-12-13-27(19(28)16-26)18-14-23-25(3)15-18/h5-9,14-15H,4,10-13,16H2,1-3H3,(H,21,22). The summed E-state index contributed by atoms with van der Waals surface area (Å²) in [7, 11) is 3.92. The number of guanidine groups is 1. The Bertz CT molecular complexity index is 802. The van der Waals surface area contributed by atoms with Gasteiger partial charge in [-0.2, -0.15) is 5.10 Å². The van der Waals surface area contributed by atoms with Crippen molar-refractivity contribution in [2.45, 2.75) is 6.92 Å². The van der Waals surface area contributed by atoms with E-state index >= 15 is 0 Å². The monoisotopic (exact) mass is 383 g/mol. The van der Waals surface area contributed by atoms with Crippen LogP contribution >= 0.6 is 0 Å². The van der Waals surface area contributed by atoms with Crippen LogP contribution in [0.4, 0.5) is 11.4 Å². The molecule has 1 aromatic heterocycles. The number of nitrogens with zero attached hydrogens (tertiary/aromatic N) is 6. The highest BCUT2D eigenvalue weighted by Gasteiger charge is 2.27. The fourth-order valence-corrected chi connectivity index (χ4v) is 3.22.